The Bertz CT molecular complexity index is 791. The molecule has 0 aromatic heterocycles. The van der Waals surface area contributed by atoms with Gasteiger partial charge in [0, 0.05) is 8.27 Å². The molecule has 0 saturated heterocycles. The molecular weight excluding hydrogens is 420 g/mol. The van der Waals surface area contributed by atoms with Gasteiger partial charge in [-0.05, 0) is 79.7 Å². The summed E-state index contributed by atoms with van der Waals surface area (Å²) < 4.78 is 0. The summed E-state index contributed by atoms with van der Waals surface area (Å²) >= 11 is 0. The first-order valence-electron chi connectivity index (χ1n) is 14.1. The lowest BCUT2D eigenvalue weighted by molar-refractivity contribution is 0.0421. The van der Waals surface area contributed by atoms with E-state index in [1.54, 1.807) is 0 Å². The van der Waals surface area contributed by atoms with E-state index in [0.29, 0.717) is 5.41 Å². The van der Waals surface area contributed by atoms with E-state index < -0.39 is 0 Å². The molecule has 0 spiro atoms. The molecule has 0 radical (unpaired) electrons. The van der Waals surface area contributed by atoms with Crippen molar-refractivity contribution in [2.45, 2.75) is 120 Å². The van der Waals surface area contributed by atoms with E-state index in [0.717, 1.165) is 23.7 Å². The van der Waals surface area contributed by atoms with Gasteiger partial charge >= 0.3 is 0 Å². The summed E-state index contributed by atoms with van der Waals surface area (Å²) in [5.74, 6) is 4.01. The average molecular weight is 481 g/mol. The fraction of sp³-hybridized carbons (Fsp3) is 0.657. The van der Waals surface area contributed by atoms with Crippen LogP contribution in [0.15, 0.2) is 48.5 Å². The quantitative estimate of drug-likeness (QED) is 0.408. The van der Waals surface area contributed by atoms with Crippen molar-refractivity contribution in [3.63, 3.8) is 0 Å². The highest BCUT2D eigenvalue weighted by molar-refractivity contribution is 5.39. The van der Waals surface area contributed by atoms with Gasteiger partial charge in [0.25, 0.3) is 0 Å². The Labute approximate surface area is 222 Å². The average Bonchev–Trinajstić information content (AvgIpc) is 2.81. The summed E-state index contributed by atoms with van der Waals surface area (Å²) in [6.07, 6.45) is 11.9. The van der Waals surface area contributed by atoms with Crippen molar-refractivity contribution in [2.24, 2.45) is 29.1 Å². The molecular formula is C35H60. The van der Waals surface area contributed by atoms with Gasteiger partial charge in [-0.15, -0.1) is 0 Å². The minimum atomic E-state index is 0. The molecule has 0 amide bonds. The zero-order valence-electron chi connectivity index (χ0n) is 23.6. The van der Waals surface area contributed by atoms with Crippen molar-refractivity contribution >= 4 is 0 Å². The van der Waals surface area contributed by atoms with Crippen molar-refractivity contribution in [3.05, 3.63) is 70.8 Å². The van der Waals surface area contributed by atoms with Crippen molar-refractivity contribution in [3.8, 4) is 0 Å². The maximum atomic E-state index is 2.58. The van der Waals surface area contributed by atoms with Crippen molar-refractivity contribution in [2.75, 3.05) is 0 Å². The molecule has 0 aliphatic heterocycles. The van der Waals surface area contributed by atoms with Crippen LogP contribution in [-0.2, 0) is 5.41 Å². The van der Waals surface area contributed by atoms with Gasteiger partial charge in [0.15, 0.2) is 0 Å². The Hall–Kier alpha value is -1.56. The largest absolute Gasteiger partial charge is 0.0776 e. The normalized spacial score (nSPS) is 25.1. The van der Waals surface area contributed by atoms with Crippen LogP contribution in [0.5, 0.6) is 0 Å². The highest BCUT2D eigenvalue weighted by atomic mass is 14.4. The van der Waals surface area contributed by atoms with Crippen LogP contribution in [0.3, 0.4) is 0 Å². The van der Waals surface area contributed by atoms with E-state index in [9.17, 15) is 0 Å². The zero-order valence-corrected chi connectivity index (χ0v) is 23.6. The third-order valence-electron chi connectivity index (χ3n) is 9.68. The molecule has 0 unspecified atom stereocenters. The number of rotatable bonds is 4. The van der Waals surface area contributed by atoms with Crippen molar-refractivity contribution in [1.82, 2.24) is 0 Å². The maximum absolute atomic E-state index is 2.58. The fourth-order valence-electron chi connectivity index (χ4n) is 6.45. The molecule has 2 aromatic carbocycles. The van der Waals surface area contributed by atoms with Gasteiger partial charge in [0.2, 0.25) is 0 Å². The standard InChI is InChI=1S/C17H32.C17H20.CH4.2H2/c2*1-13-5-9-15(10-6-13)17(3,4)16-11-7-14(2)8-12-16;;;/h13-16H,5-12H2,1-4H3;5-12H,1-4H3;1H4;2*1H. The molecule has 200 valence electrons. The van der Waals surface area contributed by atoms with Crippen molar-refractivity contribution < 1.29 is 2.85 Å². The number of aryl methyl sites for hydroxylation is 2. The summed E-state index contributed by atoms with van der Waals surface area (Å²) in [4.78, 5) is 0. The van der Waals surface area contributed by atoms with Crippen LogP contribution >= 0.6 is 0 Å². The van der Waals surface area contributed by atoms with E-state index in [2.05, 4.69) is 104 Å². The predicted octanol–water partition coefficient (Wildman–Crippen LogP) is 11.4. The van der Waals surface area contributed by atoms with Gasteiger partial charge in [0.05, 0.1) is 0 Å². The van der Waals surface area contributed by atoms with Gasteiger partial charge in [-0.2, -0.15) is 0 Å². The minimum absolute atomic E-state index is 0. The van der Waals surface area contributed by atoms with E-state index >= 15 is 0 Å². The molecule has 0 N–H and O–H groups in total. The molecule has 0 heterocycles. The van der Waals surface area contributed by atoms with Gasteiger partial charge in [-0.1, -0.05) is 134 Å². The lowest BCUT2D eigenvalue weighted by atomic mass is 9.59. The fourth-order valence-corrected chi connectivity index (χ4v) is 6.45. The second-order valence-electron chi connectivity index (χ2n) is 13.1. The predicted molar refractivity (Wildman–Crippen MR) is 161 cm³/mol. The second-order valence-corrected chi connectivity index (χ2v) is 13.1. The molecule has 2 saturated carbocycles. The molecule has 35 heavy (non-hydrogen) atoms. The highest BCUT2D eigenvalue weighted by Crippen LogP contribution is 2.49. The third-order valence-corrected chi connectivity index (χ3v) is 9.68. The Morgan fingerprint density at radius 2 is 0.829 bits per heavy atom. The van der Waals surface area contributed by atoms with Gasteiger partial charge in [0.1, 0.15) is 0 Å². The molecule has 2 aliphatic rings. The van der Waals surface area contributed by atoms with Gasteiger partial charge < -0.3 is 0 Å². The first-order valence-corrected chi connectivity index (χ1v) is 14.1. The molecule has 2 fully saturated rings. The topological polar surface area (TPSA) is 0 Å². The Morgan fingerprint density at radius 1 is 0.543 bits per heavy atom. The van der Waals surface area contributed by atoms with Crippen LogP contribution in [-0.4, -0.2) is 0 Å². The molecule has 0 bridgehead atoms. The zero-order chi connectivity index (χ0) is 24.9. The molecule has 0 nitrogen and oxygen atoms in total. The molecule has 0 atom stereocenters. The first-order chi connectivity index (χ1) is 16.0. The summed E-state index contributed by atoms with van der Waals surface area (Å²) in [7, 11) is 0. The number of hydrogen-bond donors (Lipinski definition) is 0. The van der Waals surface area contributed by atoms with Crippen LogP contribution in [0, 0.1) is 42.9 Å². The first kappa shape index (κ1) is 29.7. The molecule has 4 rings (SSSR count). The summed E-state index contributed by atoms with van der Waals surface area (Å²) in [5, 5.41) is 0. The van der Waals surface area contributed by atoms with Crippen LogP contribution < -0.4 is 0 Å². The Morgan fingerprint density at radius 3 is 1.11 bits per heavy atom. The van der Waals surface area contributed by atoms with Crippen LogP contribution in [0.1, 0.15) is 125 Å². The summed E-state index contributed by atoms with van der Waals surface area (Å²) in [6.45, 7) is 18.8. The Kier molecular flexibility index (Phi) is 10.7. The van der Waals surface area contributed by atoms with E-state index in [1.165, 1.54) is 73.6 Å². The molecule has 0 heteroatoms. The van der Waals surface area contributed by atoms with Gasteiger partial charge in [-0.25, -0.2) is 0 Å². The summed E-state index contributed by atoms with van der Waals surface area (Å²) in [5.41, 5.74) is 6.04. The minimum Gasteiger partial charge on any atom is -0.0776 e. The van der Waals surface area contributed by atoms with E-state index in [4.69, 9.17) is 0 Å². The van der Waals surface area contributed by atoms with Gasteiger partial charge in [-0.3, -0.25) is 0 Å². The van der Waals surface area contributed by atoms with E-state index in [-0.39, 0.29) is 15.7 Å². The lowest BCUT2D eigenvalue weighted by Crippen LogP contribution is -2.36. The monoisotopic (exact) mass is 480 g/mol. The molecule has 2 aliphatic carbocycles. The van der Waals surface area contributed by atoms with Crippen LogP contribution in [0.4, 0.5) is 0 Å². The highest BCUT2D eigenvalue weighted by Gasteiger charge is 2.39. The number of hydrogen-bond acceptors (Lipinski definition) is 0. The maximum Gasteiger partial charge on any atom is 0.0146 e. The lowest BCUT2D eigenvalue weighted by Gasteiger charge is -2.46. The van der Waals surface area contributed by atoms with E-state index in [1.807, 2.05) is 0 Å². The third kappa shape index (κ3) is 7.71. The SMILES string of the molecule is C.CC1CCC(C(C)(C)C2CCC(C)CC2)CC1.Cc1ccc(C(C)(C)c2ccc(C)cc2)cc1.[HH].[HH]. The summed E-state index contributed by atoms with van der Waals surface area (Å²) in [6, 6.07) is 17.7. The Balaban J connectivity index is 0.000000648. The van der Waals surface area contributed by atoms with Crippen molar-refractivity contribution in [1.29, 1.82) is 0 Å². The second kappa shape index (κ2) is 12.6. The smallest absolute Gasteiger partial charge is 0.0146 e. The van der Waals surface area contributed by atoms with Crippen LogP contribution in [0.25, 0.3) is 0 Å². The number of benzene rings is 2. The molecule has 2 aromatic rings. The van der Waals surface area contributed by atoms with Crippen LogP contribution in [0.2, 0.25) is 0 Å².